The first-order valence-corrected chi connectivity index (χ1v) is 9.82. The van der Waals surface area contributed by atoms with Gasteiger partial charge in [0.05, 0.1) is 4.90 Å². The Hall–Kier alpha value is -2.61. The summed E-state index contributed by atoms with van der Waals surface area (Å²) in [5.41, 5.74) is 1.17. The zero-order valence-corrected chi connectivity index (χ0v) is 15.1. The Morgan fingerprint density at radius 2 is 1.78 bits per heavy atom. The number of alkyl halides is 2. The molecule has 0 fully saturated rings. The molecule has 1 aliphatic carbocycles. The lowest BCUT2D eigenvalue weighted by molar-refractivity contribution is -0.143. The van der Waals surface area contributed by atoms with Gasteiger partial charge in [0.25, 0.3) is 10.0 Å². The summed E-state index contributed by atoms with van der Waals surface area (Å²) in [4.78, 5) is 23.5. The van der Waals surface area contributed by atoms with Crippen molar-refractivity contribution >= 4 is 21.7 Å². The van der Waals surface area contributed by atoms with Crippen LogP contribution in [0.25, 0.3) is 0 Å². The highest BCUT2D eigenvalue weighted by Crippen LogP contribution is 2.25. The smallest absolute Gasteiger partial charge is 0.294 e. The Kier molecular flexibility index (Phi) is 5.10. The second-order valence-electron chi connectivity index (χ2n) is 6.40. The van der Waals surface area contributed by atoms with Crippen molar-refractivity contribution in [2.24, 2.45) is 0 Å². The van der Waals surface area contributed by atoms with Crippen LogP contribution in [0.2, 0.25) is 0 Å². The van der Waals surface area contributed by atoms with Crippen LogP contribution in [0, 0.1) is 0 Å². The van der Waals surface area contributed by atoms with E-state index in [0.29, 0.717) is 24.8 Å². The monoisotopic (exact) mass is 393 g/mol. The van der Waals surface area contributed by atoms with E-state index in [1.165, 1.54) is 29.0 Å². The van der Waals surface area contributed by atoms with E-state index < -0.39 is 28.3 Å². The van der Waals surface area contributed by atoms with Gasteiger partial charge < -0.3 is 0 Å². The summed E-state index contributed by atoms with van der Waals surface area (Å²) >= 11 is 0. The first-order chi connectivity index (χ1) is 12.7. The number of hydrogen-bond acceptors (Lipinski definition) is 4. The van der Waals surface area contributed by atoms with E-state index in [1.807, 2.05) is 0 Å². The zero-order chi connectivity index (χ0) is 19.7. The topological polar surface area (TPSA) is 80.3 Å². The number of carbonyl (C=O) groups is 2. The second kappa shape index (κ2) is 7.19. The van der Waals surface area contributed by atoms with E-state index in [-0.39, 0.29) is 21.8 Å². The van der Waals surface area contributed by atoms with Crippen LogP contribution in [0.5, 0.6) is 0 Å². The number of ketones is 1. The molecule has 0 saturated heterocycles. The molecule has 8 heteroatoms. The van der Waals surface area contributed by atoms with Gasteiger partial charge in [0.2, 0.25) is 0 Å². The minimum atomic E-state index is -4.52. The quantitative estimate of drug-likeness (QED) is 0.847. The Balaban J connectivity index is 1.80. The molecule has 1 N–H and O–H groups in total. The van der Waals surface area contributed by atoms with Crippen LogP contribution in [-0.2, 0) is 27.7 Å². The van der Waals surface area contributed by atoms with Gasteiger partial charge in [-0.15, -0.1) is 0 Å². The summed E-state index contributed by atoms with van der Waals surface area (Å²) < 4.78 is 54.4. The summed E-state index contributed by atoms with van der Waals surface area (Å²) in [6, 6.07) is 11.4. The van der Waals surface area contributed by atoms with Crippen LogP contribution in [-0.4, -0.2) is 26.0 Å². The van der Waals surface area contributed by atoms with Crippen LogP contribution in [0.1, 0.15) is 34.3 Å². The maximum absolute atomic E-state index is 14.2. The lowest BCUT2D eigenvalue weighted by Gasteiger charge is -2.18. The summed E-state index contributed by atoms with van der Waals surface area (Å²) in [6.07, 6.45) is 0.707. The standard InChI is InChI=1S/C19H17F2NO4S/c20-19(21,12-13-5-2-1-3-6-13)18(24)22-27(25,26)15-10-9-14-7-4-8-17(23)16(14)11-15/h1-3,5-6,9-11H,4,7-8,12H2,(H,22,24). The summed E-state index contributed by atoms with van der Waals surface area (Å²) in [5.74, 6) is -6.01. The summed E-state index contributed by atoms with van der Waals surface area (Å²) in [6.45, 7) is 0. The predicted octanol–water partition coefficient (Wildman–Crippen LogP) is 2.89. The first-order valence-electron chi connectivity index (χ1n) is 8.34. The number of hydrogen-bond donors (Lipinski definition) is 1. The normalized spacial score (nSPS) is 14.5. The highest BCUT2D eigenvalue weighted by molar-refractivity contribution is 7.90. The maximum atomic E-state index is 14.2. The van der Waals surface area contributed by atoms with Gasteiger partial charge >= 0.3 is 11.8 Å². The predicted molar refractivity (Wildman–Crippen MR) is 94.1 cm³/mol. The van der Waals surface area contributed by atoms with E-state index in [4.69, 9.17) is 0 Å². The molecule has 142 valence electrons. The number of rotatable bonds is 5. The highest BCUT2D eigenvalue weighted by atomic mass is 32.2. The Morgan fingerprint density at radius 1 is 1.07 bits per heavy atom. The second-order valence-corrected chi connectivity index (χ2v) is 8.08. The molecule has 0 bridgehead atoms. The molecule has 0 heterocycles. The first kappa shape index (κ1) is 19.2. The van der Waals surface area contributed by atoms with E-state index in [9.17, 15) is 26.8 Å². The fourth-order valence-corrected chi connectivity index (χ4v) is 3.99. The fraction of sp³-hybridized carbons (Fsp3) is 0.263. The SMILES string of the molecule is O=C1CCCc2ccc(S(=O)(=O)NC(=O)C(F)(F)Cc3ccccc3)cc21. The molecule has 27 heavy (non-hydrogen) atoms. The van der Waals surface area contributed by atoms with Gasteiger partial charge in [-0.3, -0.25) is 9.59 Å². The molecule has 1 amide bonds. The zero-order valence-electron chi connectivity index (χ0n) is 14.2. The van der Waals surface area contributed by atoms with Crippen molar-refractivity contribution < 1.29 is 26.8 Å². The van der Waals surface area contributed by atoms with E-state index in [1.54, 1.807) is 18.2 Å². The molecule has 5 nitrogen and oxygen atoms in total. The van der Waals surface area contributed by atoms with E-state index in [0.717, 1.165) is 6.07 Å². The molecule has 2 aromatic carbocycles. The molecular weight excluding hydrogens is 376 g/mol. The number of benzene rings is 2. The number of sulfonamides is 1. The molecule has 2 aromatic rings. The van der Waals surface area contributed by atoms with Crippen molar-refractivity contribution in [1.82, 2.24) is 4.72 Å². The van der Waals surface area contributed by atoms with Crippen LogP contribution in [0.4, 0.5) is 8.78 Å². The van der Waals surface area contributed by atoms with Gasteiger partial charge in [0.1, 0.15) is 0 Å². The van der Waals surface area contributed by atoms with Crippen LogP contribution in [0.3, 0.4) is 0 Å². The van der Waals surface area contributed by atoms with Gasteiger partial charge in [-0.05, 0) is 36.1 Å². The molecule has 3 rings (SSSR count). The van der Waals surface area contributed by atoms with Gasteiger partial charge in [0.15, 0.2) is 5.78 Å². The van der Waals surface area contributed by atoms with Crippen molar-refractivity contribution in [1.29, 1.82) is 0 Å². The van der Waals surface area contributed by atoms with E-state index >= 15 is 0 Å². The summed E-state index contributed by atoms with van der Waals surface area (Å²) in [7, 11) is -4.52. The molecule has 0 aromatic heterocycles. The fourth-order valence-electron chi connectivity index (χ4n) is 2.96. The third-order valence-electron chi connectivity index (χ3n) is 4.37. The van der Waals surface area contributed by atoms with Crippen molar-refractivity contribution in [3.8, 4) is 0 Å². The largest absolute Gasteiger partial charge is 0.329 e. The van der Waals surface area contributed by atoms with E-state index in [2.05, 4.69) is 0 Å². The maximum Gasteiger partial charge on any atom is 0.329 e. The Bertz CT molecular complexity index is 988. The van der Waals surface area contributed by atoms with Crippen LogP contribution < -0.4 is 4.72 Å². The molecule has 0 aliphatic heterocycles. The average molecular weight is 393 g/mol. The average Bonchev–Trinajstić information content (AvgIpc) is 2.62. The lowest BCUT2D eigenvalue weighted by Crippen LogP contribution is -2.44. The molecule has 0 unspecified atom stereocenters. The highest BCUT2D eigenvalue weighted by Gasteiger charge is 2.41. The molecule has 0 atom stereocenters. The summed E-state index contributed by atoms with van der Waals surface area (Å²) in [5, 5.41) is 0. The number of nitrogens with one attached hydrogen (secondary N) is 1. The molecule has 0 radical (unpaired) electrons. The lowest BCUT2D eigenvalue weighted by atomic mass is 9.91. The Labute approximate surface area is 155 Å². The molecule has 0 spiro atoms. The van der Waals surface area contributed by atoms with Crippen molar-refractivity contribution in [3.63, 3.8) is 0 Å². The molecule has 0 saturated carbocycles. The van der Waals surface area contributed by atoms with Gasteiger partial charge in [-0.1, -0.05) is 36.4 Å². The van der Waals surface area contributed by atoms with Crippen molar-refractivity contribution in [2.45, 2.75) is 36.5 Å². The van der Waals surface area contributed by atoms with Gasteiger partial charge in [-0.2, -0.15) is 8.78 Å². The van der Waals surface area contributed by atoms with Crippen molar-refractivity contribution in [3.05, 3.63) is 65.2 Å². The van der Waals surface area contributed by atoms with Gasteiger partial charge in [0, 0.05) is 18.4 Å². The third kappa shape index (κ3) is 4.21. The number of aryl methyl sites for hydroxylation is 1. The Morgan fingerprint density at radius 3 is 2.48 bits per heavy atom. The van der Waals surface area contributed by atoms with Crippen LogP contribution >= 0.6 is 0 Å². The van der Waals surface area contributed by atoms with Gasteiger partial charge in [-0.25, -0.2) is 13.1 Å². The van der Waals surface area contributed by atoms with Crippen molar-refractivity contribution in [2.75, 3.05) is 0 Å². The van der Waals surface area contributed by atoms with Crippen LogP contribution in [0.15, 0.2) is 53.4 Å². The minimum Gasteiger partial charge on any atom is -0.294 e. The number of fused-ring (bicyclic) bond motifs is 1. The molecular formula is C19H17F2NO4S. The molecule has 1 aliphatic rings. The number of carbonyl (C=O) groups excluding carboxylic acids is 2. The third-order valence-corrected chi connectivity index (χ3v) is 5.70. The minimum absolute atomic E-state index is 0.200. The number of amides is 1. The number of halogens is 2. The number of Topliss-reactive ketones (excluding diaryl/α,β-unsaturated/α-hetero) is 1.